The molecule has 4 aromatic rings. The summed E-state index contributed by atoms with van der Waals surface area (Å²) in [5.41, 5.74) is 4.02. The third-order valence-corrected chi connectivity index (χ3v) is 6.06. The lowest BCUT2D eigenvalue weighted by Crippen LogP contribution is -2.31. The number of amides is 1. The number of nitro groups is 1. The minimum absolute atomic E-state index is 0.0267. The first-order valence-corrected chi connectivity index (χ1v) is 11.2. The van der Waals surface area contributed by atoms with Gasteiger partial charge >= 0.3 is 0 Å². The zero-order valence-electron chi connectivity index (χ0n) is 18.6. The van der Waals surface area contributed by atoms with Gasteiger partial charge in [-0.25, -0.2) is 4.68 Å². The number of allylic oxidation sites excluding steroid dienone is 1. The van der Waals surface area contributed by atoms with Crippen LogP contribution in [0.25, 0.3) is 11.3 Å². The average Bonchev–Trinajstić information content (AvgIpc) is 3.27. The van der Waals surface area contributed by atoms with Gasteiger partial charge < -0.3 is 10.6 Å². The van der Waals surface area contributed by atoms with Crippen molar-refractivity contribution < 1.29 is 9.72 Å². The number of aromatic nitrogens is 2. The zero-order chi connectivity index (χ0) is 24.5. The molecular weight excluding hydrogens is 466 g/mol. The molecule has 35 heavy (non-hydrogen) atoms. The molecule has 174 valence electrons. The number of fused-ring (bicyclic) bond motifs is 1. The van der Waals surface area contributed by atoms with Crippen LogP contribution in [-0.4, -0.2) is 20.6 Å². The van der Waals surface area contributed by atoms with Crippen molar-refractivity contribution in [3.63, 3.8) is 0 Å². The summed E-state index contributed by atoms with van der Waals surface area (Å²) in [7, 11) is 0. The summed E-state index contributed by atoms with van der Waals surface area (Å²) in [6.07, 6.45) is 0. The number of para-hydroxylation sites is 1. The van der Waals surface area contributed by atoms with Crippen LogP contribution in [0.1, 0.15) is 18.5 Å². The highest BCUT2D eigenvalue weighted by atomic mass is 35.5. The fraction of sp³-hybridized carbons (Fsp3) is 0.0769. The largest absolute Gasteiger partial charge is 0.344 e. The molecule has 2 heterocycles. The molecule has 1 aliphatic heterocycles. The van der Waals surface area contributed by atoms with Gasteiger partial charge in [0.2, 0.25) is 0 Å². The molecule has 9 heteroatoms. The van der Waals surface area contributed by atoms with E-state index in [-0.39, 0.29) is 11.6 Å². The van der Waals surface area contributed by atoms with Crippen LogP contribution >= 0.6 is 11.6 Å². The van der Waals surface area contributed by atoms with Gasteiger partial charge in [0.15, 0.2) is 0 Å². The van der Waals surface area contributed by atoms with E-state index in [9.17, 15) is 14.9 Å². The second kappa shape index (κ2) is 9.08. The van der Waals surface area contributed by atoms with Crippen LogP contribution in [0.2, 0.25) is 5.02 Å². The number of nitrogens with one attached hydrogen (secondary N) is 2. The first-order valence-electron chi connectivity index (χ1n) is 10.8. The molecule has 0 aliphatic carbocycles. The first kappa shape index (κ1) is 22.4. The number of hydrogen-bond acceptors (Lipinski definition) is 5. The van der Waals surface area contributed by atoms with Crippen molar-refractivity contribution >= 4 is 34.7 Å². The van der Waals surface area contributed by atoms with Crippen LogP contribution in [0.15, 0.2) is 96.2 Å². The lowest BCUT2D eigenvalue weighted by molar-refractivity contribution is -0.384. The van der Waals surface area contributed by atoms with Gasteiger partial charge in [-0.15, -0.1) is 0 Å². The smallest absolute Gasteiger partial charge is 0.269 e. The van der Waals surface area contributed by atoms with Crippen molar-refractivity contribution in [3.8, 4) is 11.3 Å². The number of carbonyl (C=O) groups is 1. The normalized spacial score (nSPS) is 14.7. The number of nitrogens with zero attached hydrogens (tertiary/aromatic N) is 3. The predicted octanol–water partition coefficient (Wildman–Crippen LogP) is 6.04. The molecule has 0 saturated carbocycles. The summed E-state index contributed by atoms with van der Waals surface area (Å²) in [6.45, 7) is 1.83. The fourth-order valence-corrected chi connectivity index (χ4v) is 4.26. The number of carbonyl (C=O) groups excluding carboxylic acids is 1. The highest BCUT2D eigenvalue weighted by Crippen LogP contribution is 2.38. The van der Waals surface area contributed by atoms with Gasteiger partial charge in [-0.05, 0) is 48.9 Å². The van der Waals surface area contributed by atoms with E-state index < -0.39 is 11.0 Å². The lowest BCUT2D eigenvalue weighted by atomic mass is 9.94. The Balaban J connectivity index is 1.60. The van der Waals surface area contributed by atoms with Crippen LogP contribution in [0, 0.1) is 10.1 Å². The Morgan fingerprint density at radius 1 is 1.06 bits per heavy atom. The topological polar surface area (TPSA) is 102 Å². The Bertz CT molecular complexity index is 1440. The monoisotopic (exact) mass is 485 g/mol. The molecule has 3 aromatic carbocycles. The second-order valence-electron chi connectivity index (χ2n) is 8.10. The Morgan fingerprint density at radius 3 is 2.40 bits per heavy atom. The Kier molecular flexibility index (Phi) is 5.80. The quantitative estimate of drug-likeness (QED) is 0.265. The Morgan fingerprint density at radius 2 is 1.74 bits per heavy atom. The van der Waals surface area contributed by atoms with E-state index in [4.69, 9.17) is 16.7 Å². The van der Waals surface area contributed by atoms with Gasteiger partial charge in [0.1, 0.15) is 11.9 Å². The summed E-state index contributed by atoms with van der Waals surface area (Å²) < 4.78 is 1.73. The number of non-ortho nitro benzene ring substituents is 1. The maximum atomic E-state index is 13.5. The molecule has 8 nitrogen and oxygen atoms in total. The van der Waals surface area contributed by atoms with Gasteiger partial charge in [0, 0.05) is 40.2 Å². The number of hydrogen-bond donors (Lipinski definition) is 2. The summed E-state index contributed by atoms with van der Waals surface area (Å²) in [5, 5.41) is 22.9. The van der Waals surface area contributed by atoms with E-state index in [0.717, 1.165) is 5.56 Å². The molecule has 0 saturated heterocycles. The van der Waals surface area contributed by atoms with Crippen LogP contribution in [0.4, 0.5) is 17.2 Å². The van der Waals surface area contributed by atoms with E-state index in [2.05, 4.69) is 10.6 Å². The molecule has 2 N–H and O–H groups in total. The van der Waals surface area contributed by atoms with Gasteiger partial charge in [-0.3, -0.25) is 14.9 Å². The maximum Gasteiger partial charge on any atom is 0.269 e. The van der Waals surface area contributed by atoms with E-state index in [1.807, 2.05) is 55.5 Å². The molecule has 0 fully saturated rings. The Hall–Kier alpha value is -4.43. The molecular formula is C26H20ClN5O3. The second-order valence-corrected chi connectivity index (χ2v) is 8.54. The van der Waals surface area contributed by atoms with Crippen molar-refractivity contribution in [2.24, 2.45) is 0 Å². The van der Waals surface area contributed by atoms with Crippen LogP contribution < -0.4 is 10.6 Å². The van der Waals surface area contributed by atoms with Crippen molar-refractivity contribution in [3.05, 3.63) is 117 Å². The van der Waals surface area contributed by atoms with Gasteiger partial charge in [-0.1, -0.05) is 41.9 Å². The fourth-order valence-electron chi connectivity index (χ4n) is 4.13. The van der Waals surface area contributed by atoms with Crippen molar-refractivity contribution in [1.29, 1.82) is 0 Å². The van der Waals surface area contributed by atoms with Crippen LogP contribution in [-0.2, 0) is 4.79 Å². The number of rotatable bonds is 5. The molecule has 0 unspecified atom stereocenters. The van der Waals surface area contributed by atoms with Gasteiger partial charge in [0.05, 0.1) is 16.2 Å². The predicted molar refractivity (Wildman–Crippen MR) is 135 cm³/mol. The molecule has 0 bridgehead atoms. The summed E-state index contributed by atoms with van der Waals surface area (Å²) in [5.74, 6) is 0.408. The molecule has 5 rings (SSSR count). The van der Waals surface area contributed by atoms with E-state index in [1.54, 1.807) is 28.9 Å². The highest BCUT2D eigenvalue weighted by Gasteiger charge is 2.34. The highest BCUT2D eigenvalue weighted by molar-refractivity contribution is 6.30. The van der Waals surface area contributed by atoms with Crippen LogP contribution in [0.5, 0.6) is 0 Å². The van der Waals surface area contributed by atoms with Crippen molar-refractivity contribution in [1.82, 2.24) is 9.78 Å². The lowest BCUT2D eigenvalue weighted by Gasteiger charge is -2.29. The number of halogens is 1. The van der Waals surface area contributed by atoms with E-state index in [0.29, 0.717) is 39.1 Å². The third kappa shape index (κ3) is 4.39. The minimum atomic E-state index is -0.600. The average molecular weight is 486 g/mol. The van der Waals surface area contributed by atoms with Gasteiger partial charge in [-0.2, -0.15) is 5.10 Å². The molecule has 0 radical (unpaired) electrons. The number of benzene rings is 3. The molecule has 0 spiro atoms. The summed E-state index contributed by atoms with van der Waals surface area (Å²) in [4.78, 5) is 24.2. The van der Waals surface area contributed by atoms with E-state index in [1.165, 1.54) is 12.1 Å². The molecule has 1 aromatic heterocycles. The first-order chi connectivity index (χ1) is 16.9. The molecule has 1 aliphatic rings. The summed E-state index contributed by atoms with van der Waals surface area (Å²) in [6, 6.07) is 24.0. The van der Waals surface area contributed by atoms with Crippen molar-refractivity contribution in [2.45, 2.75) is 13.0 Å². The Labute approximate surface area is 206 Å². The number of nitro benzene ring substituents is 1. The molecule has 1 atom stereocenters. The zero-order valence-corrected chi connectivity index (χ0v) is 19.4. The minimum Gasteiger partial charge on any atom is -0.344 e. The third-order valence-electron chi connectivity index (χ3n) is 5.81. The molecule has 1 amide bonds. The SMILES string of the molecule is CC1=C(C(=O)Nc2ccccc2)[C@@H](c2ccc([N+](=O)[O-])cc2)n2nc(-c3ccc(Cl)cc3)cc2N1. The maximum absolute atomic E-state index is 13.5. The van der Waals surface area contributed by atoms with Crippen LogP contribution in [0.3, 0.4) is 0 Å². The number of anilines is 2. The van der Waals surface area contributed by atoms with E-state index >= 15 is 0 Å². The van der Waals surface area contributed by atoms with Crippen molar-refractivity contribution in [2.75, 3.05) is 10.6 Å². The standard InChI is InChI=1S/C26H20ClN5O3/c1-16-24(26(33)29-20-5-3-2-4-6-20)25(18-9-13-21(14-10-18)32(34)35)31-23(28-16)15-22(30-31)17-7-11-19(27)12-8-17/h2-15,25,28H,1H3,(H,29,33)/t25-/m1/s1. The van der Waals surface area contributed by atoms with Gasteiger partial charge in [0.25, 0.3) is 11.6 Å². The summed E-state index contributed by atoms with van der Waals surface area (Å²) >= 11 is 6.04.